The second-order valence-electron chi connectivity index (χ2n) is 3.47. The van der Waals surface area contributed by atoms with Gasteiger partial charge in [-0.1, -0.05) is 19.1 Å². The summed E-state index contributed by atoms with van der Waals surface area (Å²) in [5.41, 5.74) is 0.915. The lowest BCUT2D eigenvalue weighted by atomic mass is 10.2. The largest absolute Gasteiger partial charge is 0.497 e. The third-order valence-electron chi connectivity index (χ3n) is 2.28. The van der Waals surface area contributed by atoms with Gasteiger partial charge in [0.05, 0.1) is 20.3 Å². The van der Waals surface area contributed by atoms with E-state index in [0.717, 1.165) is 11.3 Å². The normalized spacial score (nSPS) is 14.3. The highest BCUT2D eigenvalue weighted by Crippen LogP contribution is 2.48. The van der Waals surface area contributed by atoms with Crippen LogP contribution in [-0.2, 0) is 20.2 Å². The number of hydrogen-bond acceptors (Lipinski definition) is 4. The van der Waals surface area contributed by atoms with Crippen molar-refractivity contribution in [3.63, 3.8) is 0 Å². The molecule has 1 aromatic carbocycles. The quantitative estimate of drug-likeness (QED) is 0.702. The van der Waals surface area contributed by atoms with E-state index in [0.29, 0.717) is 12.8 Å². The van der Waals surface area contributed by atoms with Crippen LogP contribution in [-0.4, -0.2) is 19.9 Å². The third kappa shape index (κ3) is 4.50. The fraction of sp³-hybridized carbons (Fsp3) is 0.500. The summed E-state index contributed by atoms with van der Waals surface area (Å²) in [6.07, 6.45) is 0.380. The zero-order chi connectivity index (χ0) is 12.7. The smallest absolute Gasteiger partial charge is 0.330 e. The lowest BCUT2D eigenvalue weighted by molar-refractivity contribution is 0.205. The van der Waals surface area contributed by atoms with Crippen LogP contribution in [0.3, 0.4) is 0 Å². The molecule has 1 rings (SSSR count). The maximum Gasteiger partial charge on any atom is 0.330 e. The molecule has 1 atom stereocenters. The van der Waals surface area contributed by atoms with E-state index >= 15 is 0 Å². The van der Waals surface area contributed by atoms with Crippen molar-refractivity contribution in [1.29, 1.82) is 0 Å². The Kier molecular flexibility index (Phi) is 5.69. The molecular weight excluding hydrogens is 239 g/mol. The summed E-state index contributed by atoms with van der Waals surface area (Å²) in [6, 6.07) is 7.47. The summed E-state index contributed by atoms with van der Waals surface area (Å²) in [4.78, 5) is 0. The minimum atomic E-state index is -2.93. The predicted octanol–water partition coefficient (Wildman–Crippen LogP) is 3.46. The number of hydrogen-bond donors (Lipinski definition) is 0. The molecule has 0 fully saturated rings. The van der Waals surface area contributed by atoms with Gasteiger partial charge >= 0.3 is 7.60 Å². The van der Waals surface area contributed by atoms with E-state index < -0.39 is 7.60 Å². The Morgan fingerprint density at radius 1 is 1.24 bits per heavy atom. The van der Waals surface area contributed by atoms with Gasteiger partial charge < -0.3 is 13.8 Å². The van der Waals surface area contributed by atoms with E-state index in [2.05, 4.69) is 0 Å². The molecule has 4 nitrogen and oxygen atoms in total. The first-order valence-corrected chi connectivity index (χ1v) is 7.37. The highest BCUT2D eigenvalue weighted by molar-refractivity contribution is 7.53. The summed E-state index contributed by atoms with van der Waals surface area (Å²) in [5.74, 6) is 0.758. The Hall–Kier alpha value is -0.830. The van der Waals surface area contributed by atoms with Crippen molar-refractivity contribution >= 4 is 7.60 Å². The van der Waals surface area contributed by atoms with Crippen LogP contribution >= 0.6 is 7.60 Å². The van der Waals surface area contributed by atoms with Crippen LogP contribution in [0, 0.1) is 0 Å². The van der Waals surface area contributed by atoms with Gasteiger partial charge in [0, 0.05) is 6.16 Å². The van der Waals surface area contributed by atoms with Crippen molar-refractivity contribution in [2.45, 2.75) is 20.5 Å². The van der Waals surface area contributed by atoms with Crippen LogP contribution in [0.15, 0.2) is 24.3 Å². The summed E-state index contributed by atoms with van der Waals surface area (Å²) in [5, 5.41) is 0. The first kappa shape index (κ1) is 14.2. The van der Waals surface area contributed by atoms with Crippen LogP contribution in [0.1, 0.15) is 19.4 Å². The molecule has 0 aliphatic heterocycles. The minimum absolute atomic E-state index is 0.266. The van der Waals surface area contributed by atoms with Gasteiger partial charge in [-0.05, 0) is 24.6 Å². The van der Waals surface area contributed by atoms with Crippen LogP contribution < -0.4 is 4.74 Å². The molecule has 0 spiro atoms. The zero-order valence-corrected chi connectivity index (χ0v) is 11.4. The van der Waals surface area contributed by atoms with E-state index in [1.54, 1.807) is 21.0 Å². The van der Waals surface area contributed by atoms with Gasteiger partial charge in [-0.2, -0.15) is 0 Å². The summed E-state index contributed by atoms with van der Waals surface area (Å²) >= 11 is 0. The Morgan fingerprint density at radius 2 is 2.00 bits per heavy atom. The van der Waals surface area contributed by atoms with Gasteiger partial charge in [0.2, 0.25) is 0 Å². The standard InChI is InChI=1S/C12H19O4P/c1-4-15-17(13,5-2)16-10-11-7-6-8-12(9-11)14-3/h6-9H,4-5,10H2,1-3H3. The lowest BCUT2D eigenvalue weighted by Crippen LogP contribution is -1.99. The fourth-order valence-corrected chi connectivity index (χ4v) is 2.53. The second kappa shape index (κ2) is 6.80. The maximum atomic E-state index is 12.0. The average Bonchev–Trinajstić information content (AvgIpc) is 2.37. The van der Waals surface area contributed by atoms with Gasteiger partial charge in [0.25, 0.3) is 0 Å². The number of ether oxygens (including phenoxy) is 1. The molecule has 0 bridgehead atoms. The third-order valence-corrected chi connectivity index (χ3v) is 4.22. The number of methoxy groups -OCH3 is 1. The van der Waals surface area contributed by atoms with Crippen LogP contribution in [0.2, 0.25) is 0 Å². The van der Waals surface area contributed by atoms with E-state index in [1.807, 2.05) is 24.3 Å². The molecule has 0 aromatic heterocycles. The number of rotatable bonds is 7. The maximum absolute atomic E-state index is 12.0. The van der Waals surface area contributed by atoms with Gasteiger partial charge in [-0.25, -0.2) is 0 Å². The summed E-state index contributed by atoms with van der Waals surface area (Å²) in [7, 11) is -1.32. The van der Waals surface area contributed by atoms with E-state index in [4.69, 9.17) is 13.8 Å². The minimum Gasteiger partial charge on any atom is -0.497 e. The van der Waals surface area contributed by atoms with Gasteiger partial charge in [-0.15, -0.1) is 0 Å². The highest BCUT2D eigenvalue weighted by Gasteiger charge is 2.20. The lowest BCUT2D eigenvalue weighted by Gasteiger charge is -2.16. The summed E-state index contributed by atoms with van der Waals surface area (Å²) < 4.78 is 27.7. The van der Waals surface area contributed by atoms with Gasteiger partial charge in [-0.3, -0.25) is 4.57 Å². The molecule has 0 heterocycles. The molecule has 5 heteroatoms. The molecule has 1 aromatic rings. The zero-order valence-electron chi connectivity index (χ0n) is 10.5. The fourth-order valence-electron chi connectivity index (χ4n) is 1.35. The Balaban J connectivity index is 2.62. The molecule has 0 aliphatic rings. The molecule has 17 heavy (non-hydrogen) atoms. The molecule has 0 N–H and O–H groups in total. The monoisotopic (exact) mass is 258 g/mol. The molecule has 1 unspecified atom stereocenters. The second-order valence-corrected chi connectivity index (χ2v) is 5.84. The first-order chi connectivity index (χ1) is 8.13. The Labute approximate surface area is 102 Å². The topological polar surface area (TPSA) is 44.8 Å². The molecular formula is C12H19O4P. The van der Waals surface area contributed by atoms with Crippen LogP contribution in [0.4, 0.5) is 0 Å². The van der Waals surface area contributed by atoms with Crippen molar-refractivity contribution in [2.24, 2.45) is 0 Å². The van der Waals surface area contributed by atoms with Crippen molar-refractivity contribution in [3.8, 4) is 5.75 Å². The highest BCUT2D eigenvalue weighted by atomic mass is 31.2. The molecule has 96 valence electrons. The van der Waals surface area contributed by atoms with Gasteiger partial charge in [0.15, 0.2) is 0 Å². The van der Waals surface area contributed by atoms with Crippen molar-refractivity contribution in [2.75, 3.05) is 19.9 Å². The van der Waals surface area contributed by atoms with Crippen molar-refractivity contribution < 1.29 is 18.3 Å². The van der Waals surface area contributed by atoms with E-state index in [-0.39, 0.29) is 6.61 Å². The molecule has 0 saturated heterocycles. The van der Waals surface area contributed by atoms with Gasteiger partial charge in [0.1, 0.15) is 5.75 Å². The Morgan fingerprint density at radius 3 is 2.59 bits per heavy atom. The van der Waals surface area contributed by atoms with Crippen LogP contribution in [0.25, 0.3) is 0 Å². The van der Waals surface area contributed by atoms with E-state index in [1.165, 1.54) is 0 Å². The SMILES string of the molecule is CCOP(=O)(CC)OCc1cccc(OC)c1. The first-order valence-electron chi connectivity index (χ1n) is 5.64. The van der Waals surface area contributed by atoms with E-state index in [9.17, 15) is 4.57 Å². The molecule has 0 radical (unpaired) electrons. The predicted molar refractivity (Wildman–Crippen MR) is 67.6 cm³/mol. The van der Waals surface area contributed by atoms with Crippen LogP contribution in [0.5, 0.6) is 5.75 Å². The molecule has 0 aliphatic carbocycles. The number of benzene rings is 1. The van der Waals surface area contributed by atoms with Crippen molar-refractivity contribution in [3.05, 3.63) is 29.8 Å². The average molecular weight is 258 g/mol. The molecule has 0 amide bonds. The van der Waals surface area contributed by atoms with Crippen molar-refractivity contribution in [1.82, 2.24) is 0 Å². The summed E-state index contributed by atoms with van der Waals surface area (Å²) in [6.45, 7) is 4.25. The Bertz CT molecular complexity index is 392. The molecule has 0 saturated carbocycles.